The van der Waals surface area contributed by atoms with Gasteiger partial charge in [0.05, 0.1) is 7.11 Å². The Labute approximate surface area is 162 Å². The van der Waals surface area contributed by atoms with Gasteiger partial charge in [-0.15, -0.1) is 5.10 Å². The zero-order valence-corrected chi connectivity index (χ0v) is 16.1. The Bertz CT molecular complexity index is 1390. The van der Waals surface area contributed by atoms with Crippen molar-refractivity contribution in [1.82, 2.24) is 29.1 Å². The summed E-state index contributed by atoms with van der Waals surface area (Å²) >= 11 is 0. The van der Waals surface area contributed by atoms with Crippen LogP contribution in [0.1, 0.15) is 5.56 Å². The van der Waals surface area contributed by atoms with Gasteiger partial charge in [0, 0.05) is 20.2 Å². The van der Waals surface area contributed by atoms with Crippen LogP contribution in [0.4, 0.5) is 6.01 Å². The number of carbonyl (C=O) groups excluding carboxylic acids is 1. The second-order valence-electron chi connectivity index (χ2n) is 6.48. The molecule has 4 aromatic rings. The Morgan fingerprint density at radius 2 is 2.00 bits per heavy atom. The van der Waals surface area contributed by atoms with Crippen molar-refractivity contribution in [2.45, 2.75) is 13.5 Å². The van der Waals surface area contributed by atoms with Gasteiger partial charge in [0.25, 0.3) is 5.56 Å². The van der Waals surface area contributed by atoms with Gasteiger partial charge in [-0.1, -0.05) is 5.21 Å². The molecule has 0 bridgehead atoms. The fourth-order valence-corrected chi connectivity index (χ4v) is 3.03. The summed E-state index contributed by atoms with van der Waals surface area (Å²) in [6.45, 7) is 1.55. The molecule has 4 rings (SSSR count). The number of rotatable bonds is 4. The van der Waals surface area contributed by atoms with Crippen molar-refractivity contribution < 1.29 is 13.9 Å². The third-order valence-electron chi connectivity index (χ3n) is 4.56. The van der Waals surface area contributed by atoms with E-state index in [1.807, 2.05) is 6.92 Å². The van der Waals surface area contributed by atoms with Gasteiger partial charge >= 0.3 is 11.7 Å². The molecular weight excluding hydrogens is 382 g/mol. The van der Waals surface area contributed by atoms with Gasteiger partial charge in [-0.25, -0.2) is 9.48 Å². The van der Waals surface area contributed by atoms with Crippen LogP contribution >= 0.6 is 0 Å². The number of aromatic nitrogens is 6. The van der Waals surface area contributed by atoms with E-state index in [9.17, 15) is 14.4 Å². The zero-order valence-electron chi connectivity index (χ0n) is 16.1. The highest BCUT2D eigenvalue weighted by Gasteiger charge is 2.18. The first kappa shape index (κ1) is 18.4. The molecule has 1 amide bonds. The Hall–Kier alpha value is -3.96. The van der Waals surface area contributed by atoms with Crippen molar-refractivity contribution in [3.63, 3.8) is 0 Å². The van der Waals surface area contributed by atoms with Crippen LogP contribution in [0, 0.1) is 6.92 Å². The standard InChI is InChI=1S/C17H17N7O5/c1-8-5-11-9(6-10(8)28-4)18-16(29-11)19-12(25)7-24-13-14(20-21-24)22(2)17(27)23(3)15(13)26/h5-6H,7H2,1-4H3,(H,18,19,25). The smallest absolute Gasteiger partial charge is 0.332 e. The first-order valence-corrected chi connectivity index (χ1v) is 8.54. The molecule has 0 radical (unpaired) electrons. The molecule has 12 heteroatoms. The number of methoxy groups -OCH3 is 1. The summed E-state index contributed by atoms with van der Waals surface area (Å²) in [7, 11) is 4.37. The number of fused-ring (bicyclic) bond motifs is 2. The van der Waals surface area contributed by atoms with Crippen LogP contribution in [-0.2, 0) is 25.4 Å². The Morgan fingerprint density at radius 3 is 2.72 bits per heavy atom. The van der Waals surface area contributed by atoms with Gasteiger partial charge in [0.1, 0.15) is 17.8 Å². The van der Waals surface area contributed by atoms with E-state index in [0.29, 0.717) is 16.8 Å². The van der Waals surface area contributed by atoms with Crippen LogP contribution < -0.4 is 21.3 Å². The second-order valence-corrected chi connectivity index (χ2v) is 6.48. The molecule has 0 aliphatic carbocycles. The van der Waals surface area contributed by atoms with E-state index in [1.165, 1.54) is 18.7 Å². The third kappa shape index (κ3) is 2.94. The molecule has 1 aromatic carbocycles. The summed E-state index contributed by atoms with van der Waals surface area (Å²) in [6, 6.07) is 3.47. The number of nitrogens with one attached hydrogen (secondary N) is 1. The quantitative estimate of drug-likeness (QED) is 0.503. The predicted molar refractivity (Wildman–Crippen MR) is 102 cm³/mol. The molecule has 0 saturated heterocycles. The zero-order chi connectivity index (χ0) is 20.9. The number of hydrogen-bond acceptors (Lipinski definition) is 8. The highest BCUT2D eigenvalue weighted by atomic mass is 16.5. The summed E-state index contributed by atoms with van der Waals surface area (Å²) in [5, 5.41) is 10.2. The van der Waals surface area contributed by atoms with Gasteiger partial charge in [-0.05, 0) is 18.6 Å². The molecule has 3 heterocycles. The lowest BCUT2D eigenvalue weighted by molar-refractivity contribution is -0.117. The van der Waals surface area contributed by atoms with E-state index in [4.69, 9.17) is 9.15 Å². The number of oxazole rings is 1. The third-order valence-corrected chi connectivity index (χ3v) is 4.56. The van der Waals surface area contributed by atoms with Crippen LogP contribution in [0.3, 0.4) is 0 Å². The lowest BCUT2D eigenvalue weighted by Crippen LogP contribution is -2.38. The fourth-order valence-electron chi connectivity index (χ4n) is 3.03. The Morgan fingerprint density at radius 1 is 1.24 bits per heavy atom. The molecule has 0 spiro atoms. The highest BCUT2D eigenvalue weighted by Crippen LogP contribution is 2.27. The van der Waals surface area contributed by atoms with Gasteiger partial charge < -0.3 is 9.15 Å². The number of amides is 1. The predicted octanol–water partition coefficient (Wildman–Crippen LogP) is -0.0744. The van der Waals surface area contributed by atoms with E-state index in [0.717, 1.165) is 14.8 Å². The van der Waals surface area contributed by atoms with E-state index >= 15 is 0 Å². The molecule has 0 aliphatic rings. The Balaban J connectivity index is 1.63. The van der Waals surface area contributed by atoms with Crippen molar-refractivity contribution >= 4 is 34.2 Å². The number of aryl methyl sites for hydroxylation is 2. The number of carbonyl (C=O) groups is 1. The molecule has 0 fully saturated rings. The average molecular weight is 399 g/mol. The molecule has 1 N–H and O–H groups in total. The first-order chi connectivity index (χ1) is 13.8. The van der Waals surface area contributed by atoms with Gasteiger partial charge in [0.15, 0.2) is 16.7 Å². The van der Waals surface area contributed by atoms with Crippen LogP contribution in [0.15, 0.2) is 26.1 Å². The second kappa shape index (κ2) is 6.58. The van der Waals surface area contributed by atoms with Crippen LogP contribution in [0.5, 0.6) is 5.75 Å². The van der Waals surface area contributed by atoms with Crippen molar-refractivity contribution in [3.8, 4) is 5.75 Å². The number of hydrogen-bond donors (Lipinski definition) is 1. The van der Waals surface area contributed by atoms with Crippen molar-refractivity contribution in [2.24, 2.45) is 14.1 Å². The molecule has 29 heavy (non-hydrogen) atoms. The molecule has 0 aliphatic heterocycles. The topological polar surface area (TPSA) is 139 Å². The number of nitrogens with zero attached hydrogens (tertiary/aromatic N) is 6. The fraction of sp³-hybridized carbons (Fsp3) is 0.294. The largest absolute Gasteiger partial charge is 0.496 e. The van der Waals surface area contributed by atoms with Crippen LogP contribution in [0.2, 0.25) is 0 Å². The first-order valence-electron chi connectivity index (χ1n) is 8.54. The number of anilines is 1. The maximum absolute atomic E-state index is 12.4. The van der Waals surface area contributed by atoms with E-state index in [-0.39, 0.29) is 23.7 Å². The van der Waals surface area contributed by atoms with Gasteiger partial charge in [0.2, 0.25) is 5.91 Å². The molecule has 0 saturated carbocycles. The molecular formula is C17H17N7O5. The van der Waals surface area contributed by atoms with E-state index < -0.39 is 17.2 Å². The monoisotopic (exact) mass is 399 g/mol. The SMILES string of the molecule is COc1cc2nc(NC(=O)Cn3nnc4c3c(=O)n(C)c(=O)n4C)oc2cc1C. The summed E-state index contributed by atoms with van der Waals surface area (Å²) in [6.07, 6.45) is 0. The van der Waals surface area contributed by atoms with Crippen molar-refractivity contribution in [3.05, 3.63) is 38.5 Å². The minimum absolute atomic E-state index is 0.00220. The lowest BCUT2D eigenvalue weighted by atomic mass is 10.2. The Kier molecular flexibility index (Phi) is 4.18. The normalized spacial score (nSPS) is 11.3. The average Bonchev–Trinajstić information content (AvgIpc) is 3.27. The van der Waals surface area contributed by atoms with Gasteiger partial charge in [-0.3, -0.25) is 24.0 Å². The van der Waals surface area contributed by atoms with Gasteiger partial charge in [-0.2, -0.15) is 4.98 Å². The van der Waals surface area contributed by atoms with E-state index in [1.54, 1.807) is 19.2 Å². The van der Waals surface area contributed by atoms with Crippen molar-refractivity contribution in [1.29, 1.82) is 0 Å². The highest BCUT2D eigenvalue weighted by molar-refractivity contribution is 5.90. The summed E-state index contributed by atoms with van der Waals surface area (Å²) in [4.78, 5) is 41.0. The minimum atomic E-state index is -0.592. The summed E-state index contributed by atoms with van der Waals surface area (Å²) < 4.78 is 14.0. The molecule has 0 unspecified atom stereocenters. The molecule has 0 atom stereocenters. The van der Waals surface area contributed by atoms with Crippen LogP contribution in [0.25, 0.3) is 22.3 Å². The van der Waals surface area contributed by atoms with Crippen molar-refractivity contribution in [2.75, 3.05) is 12.4 Å². The molecule has 3 aromatic heterocycles. The minimum Gasteiger partial charge on any atom is -0.496 e. The maximum atomic E-state index is 12.4. The van der Waals surface area contributed by atoms with Crippen LogP contribution in [-0.4, -0.2) is 42.1 Å². The molecule has 150 valence electrons. The summed E-state index contributed by atoms with van der Waals surface area (Å²) in [5.41, 5.74) is 0.899. The maximum Gasteiger partial charge on any atom is 0.332 e. The number of benzene rings is 1. The lowest BCUT2D eigenvalue weighted by Gasteiger charge is -2.04. The summed E-state index contributed by atoms with van der Waals surface area (Å²) in [5.74, 6) is 0.127. The van der Waals surface area contributed by atoms with E-state index in [2.05, 4.69) is 20.6 Å². The number of ether oxygens (including phenoxy) is 1. The molecule has 12 nitrogen and oxygen atoms in total.